The molecule has 0 aliphatic carbocycles. The molecule has 0 heterocycles. The third-order valence-electron chi connectivity index (χ3n) is 0.167. The molecular weight excluding hydrogens is 332 g/mol. The molecule has 0 fully saturated rings. The van der Waals surface area contributed by atoms with Gasteiger partial charge in [0.15, 0.2) is 0 Å². The van der Waals surface area contributed by atoms with Gasteiger partial charge in [-0.15, -0.1) is 26.3 Å². The first-order chi connectivity index (χ1) is 9.57. The molecule has 0 unspecified atom stereocenters. The number of rotatable bonds is 1. The second-order valence-electron chi connectivity index (χ2n) is 0.977. The van der Waals surface area contributed by atoms with Gasteiger partial charge in [-0.1, -0.05) is 50.5 Å². The highest BCUT2D eigenvalue weighted by Gasteiger charge is 1.54. The molecule has 0 aliphatic rings. The number of nitrogens with zero attached hydrogens (tertiary/aromatic N) is 4. The fourth-order valence-electron chi connectivity index (χ4n) is 0. The van der Waals surface area contributed by atoms with Crippen molar-refractivity contribution in [2.45, 2.75) is 0 Å². The third kappa shape index (κ3) is 72300. The minimum atomic E-state index is 0.597. The van der Waals surface area contributed by atoms with Crippen molar-refractivity contribution in [3.05, 3.63) is 26.3 Å². The molecule has 6 nitrogen and oxygen atoms in total. The van der Waals surface area contributed by atoms with Crippen LogP contribution in [0.15, 0.2) is 26.3 Å². The summed E-state index contributed by atoms with van der Waals surface area (Å²) in [6.07, 6.45) is 0. The Bertz CT molecular complexity index is 209. The quantitative estimate of drug-likeness (QED) is 0.242. The maximum absolute atomic E-state index is 7.18. The smallest absolute Gasteiger partial charge is 0.130 e. The van der Waals surface area contributed by atoms with Crippen LogP contribution in [0.3, 0.4) is 0 Å². The molecule has 0 bridgehead atoms. The van der Waals surface area contributed by atoms with Crippen LogP contribution in [0.5, 0.6) is 0 Å². The van der Waals surface area contributed by atoms with E-state index in [4.69, 9.17) is 32.5 Å². The summed E-state index contributed by atoms with van der Waals surface area (Å²) in [7, 11) is 0. The number of hydrogen-bond donors (Lipinski definition) is 6. The Morgan fingerprint density at radius 2 is 0.650 bits per heavy atom. The van der Waals surface area contributed by atoms with Crippen molar-refractivity contribution in [3.63, 3.8) is 0 Å². The molecule has 0 radical (unpaired) electrons. The highest BCUT2D eigenvalue weighted by molar-refractivity contribution is 7.85. The number of nitrogens with two attached hydrogens (primary N) is 2. The summed E-state index contributed by atoms with van der Waals surface area (Å²) in [5.41, 5.74) is 9.81. The van der Waals surface area contributed by atoms with Crippen molar-refractivity contribution in [3.8, 4) is 21.6 Å². The summed E-state index contributed by atoms with van der Waals surface area (Å²) >= 11 is 12.4. The molecule has 0 atom stereocenters. The summed E-state index contributed by atoms with van der Waals surface area (Å²) in [6.45, 7) is 13.2. The Kier molecular flexibility index (Phi) is 471. The topological polar surface area (TPSA) is 147 Å². The lowest BCUT2D eigenvalue weighted by Crippen LogP contribution is -2.11. The van der Waals surface area contributed by atoms with Gasteiger partial charge in [0.1, 0.15) is 21.6 Å². The maximum atomic E-state index is 7.18. The molecule has 0 aliphatic heterocycles. The zero-order valence-corrected chi connectivity index (χ0v) is 14.6. The highest BCUT2D eigenvalue weighted by Crippen LogP contribution is 1.47. The van der Waals surface area contributed by atoms with E-state index in [0.29, 0.717) is 13.1 Å². The van der Waals surface area contributed by atoms with E-state index >= 15 is 0 Å². The average molecular weight is 353 g/mol. The van der Waals surface area contributed by atoms with E-state index < -0.39 is 0 Å². The molecule has 0 saturated heterocycles. The van der Waals surface area contributed by atoms with Gasteiger partial charge in [0.2, 0.25) is 0 Å². The molecule has 10 heteroatoms. The van der Waals surface area contributed by atoms with Gasteiger partial charge in [-0.25, -0.2) is 0 Å². The van der Waals surface area contributed by atoms with Gasteiger partial charge in [0.25, 0.3) is 0 Å². The third-order valence-corrected chi connectivity index (χ3v) is 0.167. The van der Waals surface area contributed by atoms with Crippen molar-refractivity contribution in [2.24, 2.45) is 11.5 Å². The summed E-state index contributed by atoms with van der Waals surface area (Å²) in [6, 6.07) is 0. The molecule has 0 saturated carbocycles. The van der Waals surface area contributed by atoms with E-state index in [0.717, 1.165) is 0 Å². The molecule has 0 aromatic heterocycles. The van der Waals surface area contributed by atoms with Crippen molar-refractivity contribution in [1.82, 2.24) is 0 Å². The second kappa shape index (κ2) is 220. The van der Waals surface area contributed by atoms with Crippen LogP contribution in [0.25, 0.3) is 0 Å². The molecule has 0 amide bonds. The van der Waals surface area contributed by atoms with Crippen LogP contribution in [-0.4, -0.2) is 13.1 Å². The zero-order valence-electron chi connectivity index (χ0n) is 11.0. The second-order valence-corrected chi connectivity index (χ2v) is 1.78. The standard InChI is InChI=1S/C2H8N2.2C2H4.4CHNS/c3-1-2-4;2*1-2;4*2-1-3/h1-4H2;2*1-2H2;4*3H. The zero-order chi connectivity index (χ0) is 18.2. The van der Waals surface area contributed by atoms with Crippen LogP contribution in [0.1, 0.15) is 0 Å². The normalized spacial score (nSPS) is 3.50. The van der Waals surface area contributed by atoms with Crippen molar-refractivity contribution < 1.29 is 0 Å². The first kappa shape index (κ1) is 42.8. The monoisotopic (exact) mass is 352 g/mol. The Morgan fingerprint density at radius 1 is 0.600 bits per heavy atom. The van der Waals surface area contributed by atoms with E-state index in [-0.39, 0.29) is 0 Å². The fraction of sp³-hybridized carbons (Fsp3) is 0.200. The number of hydrogen-bond acceptors (Lipinski definition) is 10. The largest absolute Gasteiger partial charge is 0.329 e. The lowest BCUT2D eigenvalue weighted by atomic mass is 10.7. The maximum Gasteiger partial charge on any atom is 0.130 e. The van der Waals surface area contributed by atoms with E-state index in [1.165, 1.54) is 21.6 Å². The van der Waals surface area contributed by atoms with Crippen LogP contribution in [0, 0.1) is 42.7 Å². The summed E-state index contributed by atoms with van der Waals surface area (Å²) in [5.74, 6) is 0. The highest BCUT2D eigenvalue weighted by atomic mass is 32.1. The molecule has 0 aromatic carbocycles. The Morgan fingerprint density at radius 3 is 0.650 bits per heavy atom. The molecular formula is C10H20N6S4. The van der Waals surface area contributed by atoms with Gasteiger partial charge in [-0.2, -0.15) is 21.0 Å². The Balaban J connectivity index is -0.0000000200. The van der Waals surface area contributed by atoms with Gasteiger partial charge >= 0.3 is 0 Å². The van der Waals surface area contributed by atoms with Crippen LogP contribution >= 0.6 is 50.5 Å². The summed E-state index contributed by atoms with van der Waals surface area (Å²) in [4.78, 5) is 0. The van der Waals surface area contributed by atoms with Gasteiger partial charge in [0.05, 0.1) is 0 Å². The Labute approximate surface area is 144 Å². The van der Waals surface area contributed by atoms with Crippen LogP contribution in [-0.2, 0) is 0 Å². The summed E-state index contributed by atoms with van der Waals surface area (Å²) in [5, 5.41) is 34.5. The van der Waals surface area contributed by atoms with Crippen LogP contribution < -0.4 is 11.5 Å². The number of nitriles is 4. The fourth-order valence-corrected chi connectivity index (χ4v) is 0. The number of thiocyanates is 4. The van der Waals surface area contributed by atoms with E-state index in [1.807, 2.05) is 0 Å². The van der Waals surface area contributed by atoms with E-state index in [9.17, 15) is 0 Å². The Hall–Kier alpha value is -1.24. The molecule has 114 valence electrons. The predicted molar refractivity (Wildman–Crippen MR) is 99.0 cm³/mol. The molecule has 20 heavy (non-hydrogen) atoms. The van der Waals surface area contributed by atoms with E-state index in [2.05, 4.69) is 76.8 Å². The van der Waals surface area contributed by atoms with E-state index in [1.54, 1.807) is 0 Å². The molecule has 0 aromatic rings. The van der Waals surface area contributed by atoms with Gasteiger partial charge in [-0.3, -0.25) is 0 Å². The first-order valence-electron chi connectivity index (χ1n) is 4.11. The van der Waals surface area contributed by atoms with Gasteiger partial charge in [0, 0.05) is 13.1 Å². The van der Waals surface area contributed by atoms with Crippen molar-refractivity contribution >= 4 is 50.5 Å². The van der Waals surface area contributed by atoms with Crippen molar-refractivity contribution in [1.29, 1.82) is 21.0 Å². The van der Waals surface area contributed by atoms with Crippen LogP contribution in [0.4, 0.5) is 0 Å². The number of thiol groups is 4. The summed E-state index contributed by atoms with van der Waals surface area (Å²) < 4.78 is 0. The van der Waals surface area contributed by atoms with Gasteiger partial charge < -0.3 is 11.5 Å². The molecule has 0 rings (SSSR count). The minimum absolute atomic E-state index is 0.597. The van der Waals surface area contributed by atoms with Crippen molar-refractivity contribution in [2.75, 3.05) is 13.1 Å². The predicted octanol–water partition coefficient (Wildman–Crippen LogP) is 2.10. The lowest BCUT2D eigenvalue weighted by Gasteiger charge is -1.72. The SMILES string of the molecule is C=C.C=C.N#CS.N#CS.N#CS.N#CS.NCCN. The van der Waals surface area contributed by atoms with Crippen LogP contribution in [0.2, 0.25) is 0 Å². The van der Waals surface area contributed by atoms with Gasteiger partial charge in [-0.05, 0) is 0 Å². The average Bonchev–Trinajstić information content (AvgIpc) is 2.46. The lowest BCUT2D eigenvalue weighted by molar-refractivity contribution is 0.976. The first-order valence-corrected chi connectivity index (χ1v) is 5.89. The molecule has 4 N–H and O–H groups in total. The minimum Gasteiger partial charge on any atom is -0.329 e. The molecule has 0 spiro atoms.